The minimum absolute atomic E-state index is 0.327. The lowest BCUT2D eigenvalue weighted by Crippen LogP contribution is -1.97. The van der Waals surface area contributed by atoms with Gasteiger partial charge in [0, 0.05) is 0 Å². The molecule has 0 aromatic heterocycles. The van der Waals surface area contributed by atoms with Crippen LogP contribution in [0.1, 0.15) is 12.0 Å². The molecule has 13 heavy (non-hydrogen) atoms. The number of thiol groups is 1. The second-order valence-electron chi connectivity index (χ2n) is 2.70. The molecule has 0 fully saturated rings. The smallest absolute Gasteiger partial charge is 0.216 e. The maximum Gasteiger partial charge on any atom is 0.216 e. The van der Waals surface area contributed by atoms with Crippen LogP contribution in [0.4, 0.5) is 0 Å². The highest BCUT2D eigenvalue weighted by Gasteiger charge is 1.92. The van der Waals surface area contributed by atoms with E-state index in [-0.39, 0.29) is 0 Å². The number of thiocarbonyl (C=S) groups is 1. The Morgan fingerprint density at radius 2 is 2.00 bits per heavy atom. The Bertz CT molecular complexity index is 259. The van der Waals surface area contributed by atoms with Crippen molar-refractivity contribution >= 4 is 29.2 Å². The van der Waals surface area contributed by atoms with Crippen LogP contribution < -0.4 is 0 Å². The lowest BCUT2D eigenvalue weighted by Gasteiger charge is -2.02. The molecule has 1 rings (SSSR count). The Kier molecular flexibility index (Phi) is 4.86. The zero-order valence-corrected chi connectivity index (χ0v) is 8.98. The van der Waals surface area contributed by atoms with Crippen molar-refractivity contribution in [2.75, 3.05) is 6.61 Å². The van der Waals surface area contributed by atoms with Crippen LogP contribution in [0.3, 0.4) is 0 Å². The summed E-state index contributed by atoms with van der Waals surface area (Å²) in [5, 5.41) is 0. The fourth-order valence-electron chi connectivity index (χ4n) is 1.08. The predicted molar refractivity (Wildman–Crippen MR) is 62.3 cm³/mol. The lowest BCUT2D eigenvalue weighted by molar-refractivity contribution is 0.315. The van der Waals surface area contributed by atoms with Gasteiger partial charge in [0.1, 0.15) is 0 Å². The Hall–Kier alpha value is -0.540. The van der Waals surface area contributed by atoms with E-state index in [1.807, 2.05) is 18.2 Å². The second kappa shape index (κ2) is 6.00. The normalized spacial score (nSPS) is 9.62. The quantitative estimate of drug-likeness (QED) is 0.467. The molecule has 0 spiro atoms. The molecule has 0 bridgehead atoms. The number of hydrogen-bond acceptors (Lipinski definition) is 2. The van der Waals surface area contributed by atoms with E-state index in [4.69, 9.17) is 4.74 Å². The molecule has 0 saturated carbocycles. The summed E-state index contributed by atoms with van der Waals surface area (Å²) in [4.78, 5) is 0. The highest BCUT2D eigenvalue weighted by atomic mass is 32.1. The molecule has 0 aliphatic rings. The first-order chi connectivity index (χ1) is 6.29. The van der Waals surface area contributed by atoms with E-state index >= 15 is 0 Å². The van der Waals surface area contributed by atoms with Crippen molar-refractivity contribution in [2.45, 2.75) is 12.8 Å². The van der Waals surface area contributed by atoms with Gasteiger partial charge in [-0.15, -0.1) is 0 Å². The van der Waals surface area contributed by atoms with Crippen molar-refractivity contribution in [1.29, 1.82) is 0 Å². The first-order valence-electron chi connectivity index (χ1n) is 4.18. The van der Waals surface area contributed by atoms with Crippen molar-refractivity contribution in [3.63, 3.8) is 0 Å². The SMILES string of the molecule is S=C(S)OCCCc1ccccc1. The minimum atomic E-state index is 0.327. The van der Waals surface area contributed by atoms with Gasteiger partial charge in [0.2, 0.25) is 4.38 Å². The first-order valence-corrected chi connectivity index (χ1v) is 5.04. The van der Waals surface area contributed by atoms with Gasteiger partial charge in [-0.1, -0.05) is 43.0 Å². The molecule has 0 aliphatic carbocycles. The maximum atomic E-state index is 5.06. The Labute approximate surface area is 89.5 Å². The van der Waals surface area contributed by atoms with Crippen LogP contribution in [0, 0.1) is 0 Å². The van der Waals surface area contributed by atoms with Gasteiger partial charge in [-0.2, -0.15) is 0 Å². The fraction of sp³-hybridized carbons (Fsp3) is 0.300. The molecule has 0 unspecified atom stereocenters. The van der Waals surface area contributed by atoms with Crippen molar-refractivity contribution in [1.82, 2.24) is 0 Å². The summed E-state index contributed by atoms with van der Waals surface area (Å²) in [7, 11) is 0. The van der Waals surface area contributed by atoms with E-state index in [1.165, 1.54) is 5.56 Å². The van der Waals surface area contributed by atoms with E-state index in [2.05, 4.69) is 37.0 Å². The lowest BCUT2D eigenvalue weighted by atomic mass is 10.1. The molecule has 0 radical (unpaired) electrons. The van der Waals surface area contributed by atoms with E-state index < -0.39 is 0 Å². The molecule has 0 atom stereocenters. The summed E-state index contributed by atoms with van der Waals surface area (Å²) in [6.45, 7) is 0.650. The molecule has 3 heteroatoms. The summed E-state index contributed by atoms with van der Waals surface area (Å²) in [6.07, 6.45) is 2.00. The van der Waals surface area contributed by atoms with Gasteiger partial charge in [0.05, 0.1) is 6.61 Å². The summed E-state index contributed by atoms with van der Waals surface area (Å²) < 4.78 is 5.39. The number of ether oxygens (including phenoxy) is 1. The van der Waals surface area contributed by atoms with Crippen LogP contribution in [0.5, 0.6) is 0 Å². The topological polar surface area (TPSA) is 9.23 Å². The Morgan fingerprint density at radius 3 is 2.62 bits per heavy atom. The van der Waals surface area contributed by atoms with Gasteiger partial charge in [-0.25, -0.2) is 0 Å². The van der Waals surface area contributed by atoms with Gasteiger partial charge in [0.25, 0.3) is 0 Å². The highest BCUT2D eigenvalue weighted by molar-refractivity contribution is 8.10. The van der Waals surface area contributed by atoms with Crippen molar-refractivity contribution < 1.29 is 4.74 Å². The third kappa shape index (κ3) is 4.90. The Morgan fingerprint density at radius 1 is 1.31 bits per heavy atom. The van der Waals surface area contributed by atoms with Crippen LogP contribution in [-0.2, 0) is 11.2 Å². The number of hydrogen-bond donors (Lipinski definition) is 1. The zero-order valence-electron chi connectivity index (χ0n) is 7.27. The van der Waals surface area contributed by atoms with E-state index in [1.54, 1.807) is 0 Å². The summed E-state index contributed by atoms with van der Waals surface area (Å²) in [5.74, 6) is 0. The first kappa shape index (κ1) is 10.5. The third-order valence-corrected chi connectivity index (χ3v) is 1.93. The van der Waals surface area contributed by atoms with E-state index in [0.717, 1.165) is 12.8 Å². The number of benzene rings is 1. The number of aryl methyl sites for hydroxylation is 1. The molecular weight excluding hydrogens is 200 g/mol. The molecule has 0 saturated heterocycles. The summed E-state index contributed by atoms with van der Waals surface area (Å²) in [6, 6.07) is 10.3. The minimum Gasteiger partial charge on any atom is -0.479 e. The molecule has 70 valence electrons. The average Bonchev–Trinajstić information content (AvgIpc) is 2.14. The molecule has 0 N–H and O–H groups in total. The zero-order chi connectivity index (χ0) is 9.52. The predicted octanol–water partition coefficient (Wildman–Crippen LogP) is 2.85. The maximum absolute atomic E-state index is 5.06. The van der Waals surface area contributed by atoms with Gasteiger partial charge >= 0.3 is 0 Å². The van der Waals surface area contributed by atoms with Crippen molar-refractivity contribution in [3.05, 3.63) is 35.9 Å². The largest absolute Gasteiger partial charge is 0.479 e. The molecule has 1 nitrogen and oxygen atoms in total. The highest BCUT2D eigenvalue weighted by Crippen LogP contribution is 2.02. The average molecular weight is 212 g/mol. The molecule has 0 amide bonds. The van der Waals surface area contributed by atoms with Crippen LogP contribution in [0.2, 0.25) is 0 Å². The molecule has 1 aromatic rings. The molecule has 1 aromatic carbocycles. The molecular formula is C10H12OS2. The second-order valence-corrected chi connectivity index (χ2v) is 3.78. The molecule has 0 heterocycles. The van der Waals surface area contributed by atoms with Crippen LogP contribution >= 0.6 is 24.8 Å². The van der Waals surface area contributed by atoms with Gasteiger partial charge in [0.15, 0.2) is 0 Å². The van der Waals surface area contributed by atoms with Crippen LogP contribution in [-0.4, -0.2) is 11.0 Å². The fourth-order valence-corrected chi connectivity index (χ4v) is 1.26. The van der Waals surface area contributed by atoms with E-state index in [9.17, 15) is 0 Å². The van der Waals surface area contributed by atoms with Gasteiger partial charge < -0.3 is 4.74 Å². The van der Waals surface area contributed by atoms with Crippen molar-refractivity contribution in [2.24, 2.45) is 0 Å². The van der Waals surface area contributed by atoms with E-state index in [0.29, 0.717) is 11.0 Å². The number of rotatable bonds is 4. The Balaban J connectivity index is 2.17. The van der Waals surface area contributed by atoms with Crippen molar-refractivity contribution in [3.8, 4) is 0 Å². The summed E-state index contributed by atoms with van der Waals surface area (Å²) in [5.41, 5.74) is 1.33. The summed E-state index contributed by atoms with van der Waals surface area (Å²) >= 11 is 8.54. The van der Waals surface area contributed by atoms with Crippen LogP contribution in [0.25, 0.3) is 0 Å². The standard InChI is InChI=1S/C10H12OS2/c12-10(13)11-8-4-7-9-5-2-1-3-6-9/h1-3,5-6H,4,7-8H2,(H,12,13). The van der Waals surface area contributed by atoms with Gasteiger partial charge in [-0.3, -0.25) is 0 Å². The third-order valence-electron chi connectivity index (χ3n) is 1.68. The van der Waals surface area contributed by atoms with Crippen LogP contribution in [0.15, 0.2) is 30.3 Å². The van der Waals surface area contributed by atoms with Gasteiger partial charge in [-0.05, 0) is 30.6 Å². The monoisotopic (exact) mass is 212 g/mol. The molecule has 0 aliphatic heterocycles.